The molecule has 148 valence electrons. The predicted molar refractivity (Wildman–Crippen MR) is 98.0 cm³/mol. The minimum absolute atomic E-state index is 0.136. The van der Waals surface area contributed by atoms with E-state index in [2.05, 4.69) is 10.6 Å². The molecule has 1 amide bonds. The van der Waals surface area contributed by atoms with Crippen molar-refractivity contribution in [1.82, 2.24) is 10.6 Å². The topological polar surface area (TPSA) is 87.7 Å². The average Bonchev–Trinajstić information content (AvgIpc) is 3.11. The zero-order valence-electron chi connectivity index (χ0n) is 15.5. The van der Waals surface area contributed by atoms with Crippen LogP contribution >= 0.6 is 0 Å². The van der Waals surface area contributed by atoms with Gasteiger partial charge in [0.25, 0.3) is 0 Å². The number of rotatable bonds is 5. The number of hydrogen-bond donors (Lipinski definition) is 3. The van der Waals surface area contributed by atoms with E-state index in [1.165, 1.54) is 19.2 Å². The second-order valence-corrected chi connectivity index (χ2v) is 7.49. The summed E-state index contributed by atoms with van der Waals surface area (Å²) in [5, 5.41) is 16.6. The highest BCUT2D eigenvalue weighted by Crippen LogP contribution is 2.50. The molecule has 2 aliphatic rings. The van der Waals surface area contributed by atoms with Crippen LogP contribution in [0, 0.1) is 17.7 Å². The fourth-order valence-electron chi connectivity index (χ4n) is 5.12. The van der Waals surface area contributed by atoms with Gasteiger partial charge in [0.2, 0.25) is 0 Å². The van der Waals surface area contributed by atoms with Crippen LogP contribution in [-0.2, 0) is 14.9 Å². The van der Waals surface area contributed by atoms with Crippen LogP contribution < -0.4 is 10.6 Å². The lowest BCUT2D eigenvalue weighted by Crippen LogP contribution is -2.56. The van der Waals surface area contributed by atoms with Gasteiger partial charge in [-0.1, -0.05) is 18.6 Å². The minimum atomic E-state index is -1.24. The summed E-state index contributed by atoms with van der Waals surface area (Å²) in [5.74, 6) is -1.84. The minimum Gasteiger partial charge on any atom is -0.481 e. The molecule has 0 radical (unpaired) electrons. The van der Waals surface area contributed by atoms with Gasteiger partial charge in [0.05, 0.1) is 7.11 Å². The maximum Gasteiger partial charge on any atom is 0.407 e. The molecule has 0 aromatic heterocycles. The number of amides is 1. The maximum atomic E-state index is 14.1. The molecule has 1 saturated heterocycles. The molecule has 1 aromatic rings. The van der Waals surface area contributed by atoms with Gasteiger partial charge in [0.1, 0.15) is 11.2 Å². The summed E-state index contributed by atoms with van der Waals surface area (Å²) in [5.41, 5.74) is -0.752. The normalized spacial score (nSPS) is 25.6. The molecule has 7 heteroatoms. The Hall–Kier alpha value is -2.15. The molecule has 2 fully saturated rings. The highest BCUT2D eigenvalue weighted by molar-refractivity contribution is 5.83. The van der Waals surface area contributed by atoms with Crippen LogP contribution in [0.3, 0.4) is 0 Å². The Bertz CT molecular complexity index is 692. The quantitative estimate of drug-likeness (QED) is 0.733. The standard InChI is InChI=1S/C20H27FN2O4/c1-27-19(26)23-17-7-3-6-16(17)20(18(24)25,13-8-10-22-11-9-13)14-4-2-5-15(21)12-14/h2,4-5,12-13,16-17,22H,3,6-11H2,1H3,(H,23,26)(H,24,25)/t16-,17-,20?/m0/s1. The number of nitrogens with one attached hydrogen (secondary N) is 2. The monoisotopic (exact) mass is 378 g/mol. The summed E-state index contributed by atoms with van der Waals surface area (Å²) in [7, 11) is 1.29. The van der Waals surface area contributed by atoms with Gasteiger partial charge in [-0.2, -0.15) is 0 Å². The summed E-state index contributed by atoms with van der Waals surface area (Å²) in [4.78, 5) is 24.7. The van der Waals surface area contributed by atoms with Crippen molar-refractivity contribution in [3.05, 3.63) is 35.6 Å². The van der Waals surface area contributed by atoms with Crippen molar-refractivity contribution in [3.8, 4) is 0 Å². The summed E-state index contributed by atoms with van der Waals surface area (Å²) in [6, 6.07) is 5.65. The first-order chi connectivity index (χ1) is 13.0. The molecule has 3 atom stereocenters. The molecule has 3 rings (SSSR count). The van der Waals surface area contributed by atoms with Crippen LogP contribution in [0.1, 0.15) is 37.7 Å². The number of carbonyl (C=O) groups excluding carboxylic acids is 1. The van der Waals surface area contributed by atoms with Gasteiger partial charge < -0.3 is 20.5 Å². The van der Waals surface area contributed by atoms with Crippen LogP contribution in [0.15, 0.2) is 24.3 Å². The zero-order chi connectivity index (χ0) is 19.4. The lowest BCUT2D eigenvalue weighted by molar-refractivity contribution is -0.150. The van der Waals surface area contributed by atoms with Crippen molar-refractivity contribution in [1.29, 1.82) is 0 Å². The summed E-state index contributed by atoms with van der Waals surface area (Å²) in [6.07, 6.45) is 3.01. The number of carboxylic acids is 1. The molecule has 0 bridgehead atoms. The molecule has 0 spiro atoms. The van der Waals surface area contributed by atoms with Gasteiger partial charge in [-0.25, -0.2) is 9.18 Å². The van der Waals surface area contributed by atoms with Crippen molar-refractivity contribution < 1.29 is 23.8 Å². The molecule has 27 heavy (non-hydrogen) atoms. The van der Waals surface area contributed by atoms with Crippen molar-refractivity contribution in [2.45, 2.75) is 43.6 Å². The van der Waals surface area contributed by atoms with Gasteiger partial charge in [0.15, 0.2) is 0 Å². The molecular formula is C20H27FN2O4. The molecule has 1 aliphatic carbocycles. The number of halogens is 1. The van der Waals surface area contributed by atoms with E-state index >= 15 is 0 Å². The van der Waals surface area contributed by atoms with Gasteiger partial charge in [-0.15, -0.1) is 0 Å². The first kappa shape index (κ1) is 19.6. The highest BCUT2D eigenvalue weighted by Gasteiger charge is 2.56. The fourth-order valence-corrected chi connectivity index (χ4v) is 5.12. The first-order valence-electron chi connectivity index (χ1n) is 9.54. The third-order valence-corrected chi connectivity index (χ3v) is 6.23. The molecule has 3 N–H and O–H groups in total. The molecule has 1 heterocycles. The third-order valence-electron chi connectivity index (χ3n) is 6.23. The van der Waals surface area contributed by atoms with Crippen LogP contribution in [0.5, 0.6) is 0 Å². The number of piperidine rings is 1. The van der Waals surface area contributed by atoms with E-state index in [4.69, 9.17) is 4.74 Å². The number of carbonyl (C=O) groups is 2. The molecular weight excluding hydrogens is 351 g/mol. The number of benzene rings is 1. The van der Waals surface area contributed by atoms with Crippen molar-refractivity contribution >= 4 is 12.1 Å². The number of aliphatic carboxylic acids is 1. The van der Waals surface area contributed by atoms with Gasteiger partial charge in [-0.3, -0.25) is 4.79 Å². The fraction of sp³-hybridized carbons (Fsp3) is 0.600. The summed E-state index contributed by atoms with van der Waals surface area (Å²) >= 11 is 0. The van der Waals surface area contributed by atoms with E-state index in [1.807, 2.05) is 0 Å². The number of alkyl carbamates (subject to hydrolysis) is 1. The Morgan fingerprint density at radius 3 is 2.63 bits per heavy atom. The molecule has 1 aliphatic heterocycles. The third kappa shape index (κ3) is 3.65. The van der Waals surface area contributed by atoms with Gasteiger partial charge in [0, 0.05) is 6.04 Å². The lowest BCUT2D eigenvalue weighted by Gasteiger charge is -2.46. The van der Waals surface area contributed by atoms with Gasteiger partial charge >= 0.3 is 12.1 Å². The van der Waals surface area contributed by atoms with Crippen LogP contribution in [0.25, 0.3) is 0 Å². The lowest BCUT2D eigenvalue weighted by atomic mass is 9.58. The van der Waals surface area contributed by atoms with Crippen molar-refractivity contribution in [3.63, 3.8) is 0 Å². The van der Waals surface area contributed by atoms with Crippen molar-refractivity contribution in [2.75, 3.05) is 20.2 Å². The molecule has 6 nitrogen and oxygen atoms in total. The second kappa shape index (κ2) is 8.25. The average molecular weight is 378 g/mol. The Labute approximate surface area is 158 Å². The number of hydrogen-bond acceptors (Lipinski definition) is 4. The largest absolute Gasteiger partial charge is 0.481 e. The van der Waals surface area contributed by atoms with E-state index in [-0.39, 0.29) is 17.9 Å². The van der Waals surface area contributed by atoms with E-state index < -0.39 is 23.3 Å². The highest BCUT2D eigenvalue weighted by atomic mass is 19.1. The van der Waals surface area contributed by atoms with E-state index in [0.717, 1.165) is 19.5 Å². The molecule has 1 aromatic carbocycles. The number of ether oxygens (including phenoxy) is 1. The Morgan fingerprint density at radius 2 is 2.00 bits per heavy atom. The Kier molecular flexibility index (Phi) is 5.99. The van der Waals surface area contributed by atoms with Crippen molar-refractivity contribution in [2.24, 2.45) is 11.8 Å². The number of methoxy groups -OCH3 is 1. The Balaban J connectivity index is 2.10. The second-order valence-electron chi connectivity index (χ2n) is 7.49. The Morgan fingerprint density at radius 1 is 1.26 bits per heavy atom. The summed E-state index contributed by atoms with van der Waals surface area (Å²) < 4.78 is 18.8. The number of carboxylic acid groups (broad SMARTS) is 1. The van der Waals surface area contributed by atoms with E-state index in [1.54, 1.807) is 12.1 Å². The van der Waals surface area contributed by atoms with Crippen LogP contribution in [-0.4, -0.2) is 43.4 Å². The smallest absolute Gasteiger partial charge is 0.407 e. The molecule has 1 saturated carbocycles. The SMILES string of the molecule is COC(=O)N[C@H]1CCC[C@@H]1C(C(=O)O)(c1cccc(F)c1)C1CCNCC1. The first-order valence-corrected chi connectivity index (χ1v) is 9.54. The summed E-state index contributed by atoms with van der Waals surface area (Å²) in [6.45, 7) is 1.47. The van der Waals surface area contributed by atoms with Crippen LogP contribution in [0.4, 0.5) is 9.18 Å². The zero-order valence-corrected chi connectivity index (χ0v) is 15.5. The van der Waals surface area contributed by atoms with E-state index in [0.29, 0.717) is 31.2 Å². The van der Waals surface area contributed by atoms with Gasteiger partial charge in [-0.05, 0) is 68.3 Å². The molecule has 1 unspecified atom stereocenters. The van der Waals surface area contributed by atoms with E-state index in [9.17, 15) is 19.1 Å². The maximum absolute atomic E-state index is 14.1. The predicted octanol–water partition coefficient (Wildman–Crippen LogP) is 2.67. The van der Waals surface area contributed by atoms with Crippen LogP contribution in [0.2, 0.25) is 0 Å².